The van der Waals surface area contributed by atoms with E-state index in [1.807, 2.05) is 26.0 Å². The topological polar surface area (TPSA) is 41.9 Å². The fourth-order valence-corrected chi connectivity index (χ4v) is 3.32. The van der Waals surface area contributed by atoms with Gasteiger partial charge in [0.25, 0.3) is 5.91 Å². The van der Waals surface area contributed by atoms with Gasteiger partial charge in [0, 0.05) is 16.1 Å². The highest BCUT2D eigenvalue weighted by Gasteiger charge is 2.42. The Morgan fingerprint density at radius 3 is 2.28 bits per heavy atom. The van der Waals surface area contributed by atoms with Crippen molar-refractivity contribution in [3.63, 3.8) is 0 Å². The lowest BCUT2D eigenvalue weighted by Crippen LogP contribution is -2.46. The first-order valence-electron chi connectivity index (χ1n) is 7.72. The minimum atomic E-state index is -0.761. The molecule has 0 radical (unpaired) electrons. The van der Waals surface area contributed by atoms with Gasteiger partial charge in [0.15, 0.2) is 0 Å². The number of aliphatic imine (C=N–C) groups is 1. The van der Waals surface area contributed by atoms with Gasteiger partial charge in [-0.1, -0.05) is 36.0 Å². The number of carbonyl (C=O) groups excluding carboxylic acids is 1. The van der Waals surface area contributed by atoms with Crippen LogP contribution in [0.25, 0.3) is 0 Å². The number of ether oxygens (including phenoxy) is 1. The Kier molecular flexibility index (Phi) is 4.62. The van der Waals surface area contributed by atoms with Crippen molar-refractivity contribution < 1.29 is 9.53 Å². The van der Waals surface area contributed by atoms with Gasteiger partial charge < -0.3 is 4.74 Å². The summed E-state index contributed by atoms with van der Waals surface area (Å²) in [5.41, 5.74) is 1.23. The van der Waals surface area contributed by atoms with Crippen LogP contribution >= 0.6 is 23.8 Å². The second-order valence-corrected chi connectivity index (χ2v) is 6.96. The van der Waals surface area contributed by atoms with Gasteiger partial charge in [-0.2, -0.15) is 0 Å². The molecule has 0 aromatic heterocycles. The van der Waals surface area contributed by atoms with Gasteiger partial charge in [0.1, 0.15) is 22.1 Å². The molecule has 0 spiro atoms. The molecule has 1 amide bonds. The van der Waals surface area contributed by atoms with E-state index in [-0.39, 0.29) is 5.91 Å². The van der Waals surface area contributed by atoms with E-state index in [9.17, 15) is 4.79 Å². The summed E-state index contributed by atoms with van der Waals surface area (Å²) in [6.45, 7) is 3.73. The first-order chi connectivity index (χ1) is 11.8. The van der Waals surface area contributed by atoms with Crippen molar-refractivity contribution in [3.05, 3.63) is 64.7 Å². The summed E-state index contributed by atoms with van der Waals surface area (Å²) in [5.74, 6) is 0.503. The van der Waals surface area contributed by atoms with Crippen molar-refractivity contribution >= 4 is 40.4 Å². The van der Waals surface area contributed by atoms with Crippen molar-refractivity contribution in [1.29, 1.82) is 0 Å². The summed E-state index contributed by atoms with van der Waals surface area (Å²) in [6, 6.07) is 14.2. The monoisotopic (exact) mass is 372 g/mol. The summed E-state index contributed by atoms with van der Waals surface area (Å²) in [4.78, 5) is 19.6. The Bertz CT molecular complexity index is 858. The van der Waals surface area contributed by atoms with Gasteiger partial charge in [-0.05, 0) is 50.2 Å². The van der Waals surface area contributed by atoms with E-state index in [2.05, 4.69) is 4.99 Å². The smallest absolute Gasteiger partial charge is 0.260 e. The summed E-state index contributed by atoms with van der Waals surface area (Å²) in [6.07, 6.45) is 0. The van der Waals surface area contributed by atoms with E-state index in [0.29, 0.717) is 27.0 Å². The molecule has 0 saturated heterocycles. The molecule has 2 aromatic rings. The van der Waals surface area contributed by atoms with Crippen molar-refractivity contribution in [1.82, 2.24) is 4.90 Å². The second kappa shape index (κ2) is 6.58. The molecule has 25 heavy (non-hydrogen) atoms. The molecule has 2 aromatic carbocycles. The second-order valence-electron chi connectivity index (χ2n) is 6.14. The molecule has 128 valence electrons. The number of thiocarbonyl (C=S) groups is 1. The minimum absolute atomic E-state index is 0.189. The summed E-state index contributed by atoms with van der Waals surface area (Å²) >= 11 is 11.5. The molecular formula is C19H17ClN2O2S. The first-order valence-corrected chi connectivity index (χ1v) is 8.51. The van der Waals surface area contributed by atoms with Gasteiger partial charge in [-0.25, -0.2) is 0 Å². The summed E-state index contributed by atoms with van der Waals surface area (Å²) < 4.78 is 5.14. The van der Waals surface area contributed by atoms with E-state index in [1.165, 1.54) is 0 Å². The van der Waals surface area contributed by atoms with Crippen LogP contribution in [0, 0.1) is 0 Å². The van der Waals surface area contributed by atoms with Crippen LogP contribution < -0.4 is 4.74 Å². The lowest BCUT2D eigenvalue weighted by Gasteiger charge is -2.29. The predicted octanol–water partition coefficient (Wildman–Crippen LogP) is 4.36. The SMILES string of the molecule is COc1ccc(C(=O)N2C(=S)C(c3ccc(Cl)cc3)=NC2(C)C)cc1. The van der Waals surface area contributed by atoms with Crippen LogP contribution in [-0.4, -0.2) is 34.3 Å². The van der Waals surface area contributed by atoms with E-state index in [0.717, 1.165) is 5.56 Å². The number of methoxy groups -OCH3 is 1. The number of amides is 1. The van der Waals surface area contributed by atoms with E-state index >= 15 is 0 Å². The zero-order valence-electron chi connectivity index (χ0n) is 14.1. The molecule has 0 fully saturated rings. The average Bonchev–Trinajstić information content (AvgIpc) is 2.84. The number of halogens is 1. The highest BCUT2D eigenvalue weighted by molar-refractivity contribution is 7.82. The Morgan fingerprint density at radius 1 is 1.12 bits per heavy atom. The lowest BCUT2D eigenvalue weighted by molar-refractivity contribution is 0.0758. The van der Waals surface area contributed by atoms with Crippen LogP contribution in [0.2, 0.25) is 5.02 Å². The van der Waals surface area contributed by atoms with Gasteiger partial charge in [0.2, 0.25) is 0 Å². The number of nitrogens with zero attached hydrogens (tertiary/aromatic N) is 2. The Morgan fingerprint density at radius 2 is 1.72 bits per heavy atom. The van der Waals surface area contributed by atoms with Crippen LogP contribution in [0.5, 0.6) is 5.75 Å². The quantitative estimate of drug-likeness (QED) is 0.752. The molecule has 1 aliphatic heterocycles. The van der Waals surface area contributed by atoms with E-state index in [4.69, 9.17) is 28.6 Å². The molecule has 3 rings (SSSR count). The molecule has 6 heteroatoms. The molecule has 0 atom stereocenters. The zero-order chi connectivity index (χ0) is 18.2. The summed E-state index contributed by atoms with van der Waals surface area (Å²) in [7, 11) is 1.59. The van der Waals surface area contributed by atoms with Crippen LogP contribution in [0.4, 0.5) is 0 Å². The van der Waals surface area contributed by atoms with Gasteiger partial charge in [-0.15, -0.1) is 0 Å². The van der Waals surface area contributed by atoms with Crippen LogP contribution in [-0.2, 0) is 0 Å². The number of carbonyl (C=O) groups is 1. The van der Waals surface area contributed by atoms with Crippen LogP contribution in [0.1, 0.15) is 29.8 Å². The normalized spacial score (nSPS) is 15.9. The van der Waals surface area contributed by atoms with Gasteiger partial charge >= 0.3 is 0 Å². The maximum Gasteiger partial charge on any atom is 0.260 e. The van der Waals surface area contributed by atoms with Gasteiger partial charge in [0.05, 0.1) is 7.11 Å². The minimum Gasteiger partial charge on any atom is -0.497 e. The molecule has 1 aliphatic rings. The maximum absolute atomic E-state index is 13.0. The standard InChI is InChI=1S/C19H17ClN2O2S/c1-19(2)21-16(12-4-8-14(20)9-5-12)18(25)22(19)17(23)13-6-10-15(24-3)11-7-13/h4-11H,1-3H3. The van der Waals surface area contributed by atoms with Crippen LogP contribution in [0.3, 0.4) is 0 Å². The number of hydrogen-bond acceptors (Lipinski definition) is 4. The fraction of sp³-hybridized carbons (Fsp3) is 0.211. The van der Waals surface area contributed by atoms with Crippen LogP contribution in [0.15, 0.2) is 53.5 Å². The highest BCUT2D eigenvalue weighted by atomic mass is 35.5. The third-order valence-electron chi connectivity index (χ3n) is 4.00. The molecule has 1 heterocycles. The van der Waals surface area contributed by atoms with Crippen molar-refractivity contribution in [2.45, 2.75) is 19.5 Å². The number of hydrogen-bond donors (Lipinski definition) is 0. The molecule has 4 nitrogen and oxygen atoms in total. The third-order valence-corrected chi connectivity index (χ3v) is 4.62. The Labute approximate surface area is 157 Å². The van der Waals surface area contributed by atoms with Gasteiger partial charge in [-0.3, -0.25) is 14.7 Å². The Balaban J connectivity index is 1.93. The fourth-order valence-electron chi connectivity index (χ4n) is 2.73. The van der Waals surface area contributed by atoms with Crippen molar-refractivity contribution in [2.75, 3.05) is 7.11 Å². The first kappa shape index (κ1) is 17.6. The average molecular weight is 373 g/mol. The Hall–Kier alpha value is -2.24. The molecule has 0 N–H and O–H groups in total. The van der Waals surface area contributed by atoms with E-state index in [1.54, 1.807) is 48.4 Å². The van der Waals surface area contributed by atoms with Crippen molar-refractivity contribution in [3.8, 4) is 5.75 Å². The zero-order valence-corrected chi connectivity index (χ0v) is 15.7. The highest BCUT2D eigenvalue weighted by Crippen LogP contribution is 2.30. The maximum atomic E-state index is 13.0. The molecular weight excluding hydrogens is 356 g/mol. The predicted molar refractivity (Wildman–Crippen MR) is 104 cm³/mol. The number of rotatable bonds is 3. The molecule has 0 saturated carbocycles. The molecule has 0 bridgehead atoms. The molecule has 0 unspecified atom stereocenters. The largest absolute Gasteiger partial charge is 0.497 e. The van der Waals surface area contributed by atoms with Crippen molar-refractivity contribution in [2.24, 2.45) is 4.99 Å². The van der Waals surface area contributed by atoms with E-state index < -0.39 is 5.66 Å². The molecule has 0 aliphatic carbocycles. The summed E-state index contributed by atoms with van der Waals surface area (Å²) in [5, 5.41) is 0.638. The number of benzene rings is 2. The third kappa shape index (κ3) is 3.30. The lowest BCUT2D eigenvalue weighted by atomic mass is 10.1.